The molecular formula is C28H31Cl2N3O4S. The van der Waals surface area contributed by atoms with Gasteiger partial charge in [0.2, 0.25) is 21.8 Å². The van der Waals surface area contributed by atoms with E-state index in [1.807, 2.05) is 42.5 Å². The van der Waals surface area contributed by atoms with Crippen LogP contribution < -0.4 is 9.62 Å². The van der Waals surface area contributed by atoms with Gasteiger partial charge in [-0.1, -0.05) is 71.7 Å². The molecule has 0 radical (unpaired) electrons. The van der Waals surface area contributed by atoms with E-state index >= 15 is 0 Å². The largest absolute Gasteiger partial charge is 0.357 e. The minimum Gasteiger partial charge on any atom is -0.357 e. The smallest absolute Gasteiger partial charge is 0.242 e. The lowest BCUT2D eigenvalue weighted by molar-refractivity contribution is -0.141. The van der Waals surface area contributed by atoms with Crippen LogP contribution in [0.15, 0.2) is 78.9 Å². The van der Waals surface area contributed by atoms with Crippen LogP contribution in [0.5, 0.6) is 0 Å². The Kier molecular flexibility index (Phi) is 10.6. The van der Waals surface area contributed by atoms with Gasteiger partial charge in [-0.15, -0.1) is 0 Å². The summed E-state index contributed by atoms with van der Waals surface area (Å²) in [5.74, 6) is -0.545. The first kappa shape index (κ1) is 29.5. The Balaban J connectivity index is 1.84. The van der Waals surface area contributed by atoms with Gasteiger partial charge in [0.05, 0.1) is 11.9 Å². The molecule has 0 heterocycles. The fraction of sp³-hybridized carbons (Fsp3) is 0.286. The molecule has 202 valence electrons. The summed E-state index contributed by atoms with van der Waals surface area (Å²) < 4.78 is 26.2. The number of halogens is 2. The quantitative estimate of drug-likeness (QED) is 0.332. The first-order chi connectivity index (χ1) is 18.1. The summed E-state index contributed by atoms with van der Waals surface area (Å²) in [5.41, 5.74) is 2.17. The fourth-order valence-corrected chi connectivity index (χ4v) is 5.41. The molecule has 3 aromatic carbocycles. The molecule has 0 bridgehead atoms. The number of benzene rings is 3. The van der Waals surface area contributed by atoms with Crippen LogP contribution in [0.4, 0.5) is 5.69 Å². The number of hydrogen-bond acceptors (Lipinski definition) is 4. The first-order valence-corrected chi connectivity index (χ1v) is 14.7. The van der Waals surface area contributed by atoms with Crippen LogP contribution in [-0.4, -0.2) is 51.0 Å². The monoisotopic (exact) mass is 575 g/mol. The molecule has 0 aliphatic carbocycles. The maximum atomic E-state index is 13.6. The van der Waals surface area contributed by atoms with Crippen LogP contribution in [0.2, 0.25) is 10.0 Å². The van der Waals surface area contributed by atoms with Crippen molar-refractivity contribution in [3.63, 3.8) is 0 Å². The SMILES string of the molecule is CNC(=O)[C@H](Cc1ccccc1)N(Cc1ccc(Cl)cc1)C(=O)CCCN(c1cccc(Cl)c1)S(C)(=O)=O. The Labute approximate surface area is 234 Å². The molecule has 3 aromatic rings. The minimum atomic E-state index is -3.61. The van der Waals surface area contributed by atoms with Crippen LogP contribution in [0.3, 0.4) is 0 Å². The molecule has 0 aliphatic heterocycles. The fourth-order valence-electron chi connectivity index (χ4n) is 4.14. The molecule has 3 rings (SSSR count). The van der Waals surface area contributed by atoms with Crippen molar-refractivity contribution in [3.8, 4) is 0 Å². The van der Waals surface area contributed by atoms with Crippen LogP contribution in [0, 0.1) is 0 Å². The van der Waals surface area contributed by atoms with Crippen molar-refractivity contribution in [1.29, 1.82) is 0 Å². The predicted octanol–water partition coefficient (Wildman–Crippen LogP) is 4.93. The van der Waals surface area contributed by atoms with E-state index in [1.165, 1.54) is 4.31 Å². The zero-order valence-corrected chi connectivity index (χ0v) is 23.6. The van der Waals surface area contributed by atoms with Crippen molar-refractivity contribution in [1.82, 2.24) is 10.2 Å². The predicted molar refractivity (Wildman–Crippen MR) is 153 cm³/mol. The Morgan fingerprint density at radius 3 is 2.18 bits per heavy atom. The van der Waals surface area contributed by atoms with Gasteiger partial charge in [-0.2, -0.15) is 0 Å². The second-order valence-corrected chi connectivity index (χ2v) is 11.7. The molecule has 38 heavy (non-hydrogen) atoms. The van der Waals surface area contributed by atoms with Crippen LogP contribution in [0.25, 0.3) is 0 Å². The van der Waals surface area contributed by atoms with Gasteiger partial charge in [0, 0.05) is 43.0 Å². The minimum absolute atomic E-state index is 0.0441. The zero-order chi connectivity index (χ0) is 27.7. The summed E-state index contributed by atoms with van der Waals surface area (Å²) in [6.07, 6.45) is 1.74. The molecule has 0 fully saturated rings. The molecule has 10 heteroatoms. The lowest BCUT2D eigenvalue weighted by Gasteiger charge is -2.31. The van der Waals surface area contributed by atoms with Crippen molar-refractivity contribution in [2.45, 2.75) is 31.8 Å². The van der Waals surface area contributed by atoms with Crippen molar-refractivity contribution in [3.05, 3.63) is 100 Å². The van der Waals surface area contributed by atoms with Crippen LogP contribution in [-0.2, 0) is 32.6 Å². The molecule has 0 unspecified atom stereocenters. The van der Waals surface area contributed by atoms with E-state index in [9.17, 15) is 18.0 Å². The summed E-state index contributed by atoms with van der Waals surface area (Å²) in [5, 5.41) is 3.67. The van der Waals surface area contributed by atoms with Gasteiger partial charge in [0.1, 0.15) is 6.04 Å². The summed E-state index contributed by atoms with van der Waals surface area (Å²) >= 11 is 12.1. The van der Waals surface area contributed by atoms with Gasteiger partial charge in [0.15, 0.2) is 0 Å². The number of anilines is 1. The molecule has 0 spiro atoms. The number of sulfonamides is 1. The third kappa shape index (κ3) is 8.48. The van der Waals surface area contributed by atoms with Gasteiger partial charge in [-0.25, -0.2) is 8.42 Å². The summed E-state index contributed by atoms with van der Waals surface area (Å²) in [7, 11) is -2.06. The Hall–Kier alpha value is -3.07. The maximum absolute atomic E-state index is 13.6. The van der Waals surface area contributed by atoms with Gasteiger partial charge >= 0.3 is 0 Å². The van der Waals surface area contributed by atoms with Crippen LogP contribution >= 0.6 is 23.2 Å². The van der Waals surface area contributed by atoms with Gasteiger partial charge in [-0.3, -0.25) is 13.9 Å². The van der Waals surface area contributed by atoms with Gasteiger partial charge in [0.25, 0.3) is 0 Å². The average molecular weight is 577 g/mol. The molecule has 0 aromatic heterocycles. The third-order valence-corrected chi connectivity index (χ3v) is 7.71. The molecule has 0 saturated heterocycles. The number of likely N-dealkylation sites (N-methyl/N-ethyl adjacent to an activating group) is 1. The van der Waals surface area contributed by atoms with Crippen LogP contribution in [0.1, 0.15) is 24.0 Å². The van der Waals surface area contributed by atoms with E-state index < -0.39 is 16.1 Å². The zero-order valence-electron chi connectivity index (χ0n) is 21.3. The Bertz CT molecular complexity index is 1340. The van der Waals surface area contributed by atoms with Gasteiger partial charge in [-0.05, 0) is 47.9 Å². The van der Waals surface area contributed by atoms with E-state index in [2.05, 4.69) is 5.32 Å². The highest BCUT2D eigenvalue weighted by Gasteiger charge is 2.30. The van der Waals surface area contributed by atoms with E-state index in [-0.39, 0.29) is 37.7 Å². The van der Waals surface area contributed by atoms with E-state index in [1.54, 1.807) is 48.3 Å². The lowest BCUT2D eigenvalue weighted by Crippen LogP contribution is -2.49. The van der Waals surface area contributed by atoms with E-state index in [0.29, 0.717) is 22.2 Å². The van der Waals surface area contributed by atoms with Crippen molar-refractivity contribution in [2.24, 2.45) is 0 Å². The Morgan fingerprint density at radius 2 is 1.58 bits per heavy atom. The average Bonchev–Trinajstić information content (AvgIpc) is 2.89. The molecule has 7 nitrogen and oxygen atoms in total. The van der Waals surface area contributed by atoms with E-state index in [4.69, 9.17) is 23.2 Å². The Morgan fingerprint density at radius 1 is 0.895 bits per heavy atom. The number of hydrogen-bond donors (Lipinski definition) is 1. The number of amides is 2. The standard InChI is InChI=1S/C28H31Cl2N3O4S/c1-31-28(35)26(18-21-8-4-3-5-9-21)32(20-22-13-15-23(29)16-14-22)27(34)12-7-17-33(38(2,36)37)25-11-6-10-24(30)19-25/h3-6,8-11,13-16,19,26H,7,12,17-18,20H2,1-2H3,(H,31,35)/t26-/m0/s1. The number of nitrogens with one attached hydrogen (secondary N) is 1. The van der Waals surface area contributed by atoms with Crippen molar-refractivity contribution >= 4 is 50.7 Å². The molecular weight excluding hydrogens is 545 g/mol. The molecule has 0 aliphatic rings. The highest BCUT2D eigenvalue weighted by atomic mass is 35.5. The first-order valence-electron chi connectivity index (χ1n) is 12.1. The highest BCUT2D eigenvalue weighted by Crippen LogP contribution is 2.23. The number of nitrogens with zero attached hydrogens (tertiary/aromatic N) is 2. The molecule has 0 saturated carbocycles. The molecule has 1 N–H and O–H groups in total. The molecule has 2 amide bonds. The lowest BCUT2D eigenvalue weighted by atomic mass is 10.0. The maximum Gasteiger partial charge on any atom is 0.242 e. The third-order valence-electron chi connectivity index (χ3n) is 6.03. The second-order valence-electron chi connectivity index (χ2n) is 8.89. The highest BCUT2D eigenvalue weighted by molar-refractivity contribution is 7.92. The van der Waals surface area contributed by atoms with E-state index in [0.717, 1.165) is 17.4 Å². The summed E-state index contributed by atoms with van der Waals surface area (Å²) in [4.78, 5) is 28.2. The number of carbonyl (C=O) groups is 2. The summed E-state index contributed by atoms with van der Waals surface area (Å²) in [6.45, 7) is 0.286. The van der Waals surface area contributed by atoms with Gasteiger partial charge < -0.3 is 10.2 Å². The second kappa shape index (κ2) is 13.6. The summed E-state index contributed by atoms with van der Waals surface area (Å²) in [6, 6.07) is 22.4. The number of carbonyl (C=O) groups excluding carboxylic acids is 2. The van der Waals surface area contributed by atoms with Crippen molar-refractivity contribution in [2.75, 3.05) is 24.2 Å². The molecule has 1 atom stereocenters. The number of rotatable bonds is 12. The normalized spacial score (nSPS) is 12.0. The van der Waals surface area contributed by atoms with Crippen molar-refractivity contribution < 1.29 is 18.0 Å². The topological polar surface area (TPSA) is 86.8 Å².